The lowest BCUT2D eigenvalue weighted by Gasteiger charge is -2.41. The van der Waals surface area contributed by atoms with Crippen LogP contribution in [0.5, 0.6) is 0 Å². The number of aliphatic carboxylic acids is 1. The summed E-state index contributed by atoms with van der Waals surface area (Å²) in [7, 11) is 0. The van der Waals surface area contributed by atoms with Crippen LogP contribution in [0, 0.1) is 0 Å². The fourth-order valence-electron chi connectivity index (χ4n) is 2.98. The summed E-state index contributed by atoms with van der Waals surface area (Å²) in [6, 6.07) is 10.2. The first-order chi connectivity index (χ1) is 11.9. The zero-order chi connectivity index (χ0) is 18.0. The summed E-state index contributed by atoms with van der Waals surface area (Å²) < 4.78 is 1.31. The Labute approximate surface area is 143 Å². The summed E-state index contributed by atoms with van der Waals surface area (Å²) in [5.74, 6) is -2.19. The van der Waals surface area contributed by atoms with Crippen LogP contribution in [0.4, 0.5) is 0 Å². The van der Waals surface area contributed by atoms with E-state index < -0.39 is 23.3 Å². The van der Waals surface area contributed by atoms with Gasteiger partial charge in [-0.1, -0.05) is 18.2 Å². The van der Waals surface area contributed by atoms with E-state index in [9.17, 15) is 14.4 Å². The maximum atomic E-state index is 12.5. The van der Waals surface area contributed by atoms with Gasteiger partial charge in [-0.25, -0.2) is 4.68 Å². The number of carbonyl (C=O) groups excluding carboxylic acids is 2. The fourth-order valence-corrected chi connectivity index (χ4v) is 2.98. The topological polar surface area (TPSA) is 127 Å². The zero-order valence-electron chi connectivity index (χ0n) is 13.4. The van der Waals surface area contributed by atoms with E-state index in [-0.39, 0.29) is 17.8 Å². The van der Waals surface area contributed by atoms with Gasteiger partial charge in [0.15, 0.2) is 5.69 Å². The highest BCUT2D eigenvalue weighted by molar-refractivity contribution is 5.98. The van der Waals surface area contributed by atoms with E-state index in [0.717, 1.165) is 6.42 Å². The number of carbonyl (C=O) groups is 3. The second-order valence-corrected chi connectivity index (χ2v) is 6.18. The fraction of sp³-hybridized carbons (Fsp3) is 0.294. The first-order valence-corrected chi connectivity index (χ1v) is 7.90. The summed E-state index contributed by atoms with van der Waals surface area (Å²) in [5.41, 5.74) is 5.34. The first-order valence-electron chi connectivity index (χ1n) is 7.90. The number of carboxylic acid groups (broad SMARTS) is 1. The quantitative estimate of drug-likeness (QED) is 0.724. The summed E-state index contributed by atoms with van der Waals surface area (Å²) >= 11 is 0. The lowest BCUT2D eigenvalue weighted by Crippen LogP contribution is -2.54. The summed E-state index contributed by atoms with van der Waals surface area (Å²) in [4.78, 5) is 35.2. The van der Waals surface area contributed by atoms with Gasteiger partial charge in [-0.05, 0) is 31.4 Å². The molecule has 0 atom stereocenters. The number of rotatable bonds is 6. The molecule has 8 nitrogen and oxygen atoms in total. The Balaban J connectivity index is 1.89. The Hall–Kier alpha value is -3.16. The van der Waals surface area contributed by atoms with Gasteiger partial charge in [-0.3, -0.25) is 14.4 Å². The molecule has 4 N–H and O–H groups in total. The SMILES string of the molecule is NC(=O)c1cc(C(=O)NC2(CC(=O)O)CCC2)nn1-c1ccccc1. The highest BCUT2D eigenvalue weighted by Gasteiger charge is 2.41. The molecule has 1 aliphatic carbocycles. The van der Waals surface area contributed by atoms with Crippen LogP contribution in [0.15, 0.2) is 36.4 Å². The number of benzene rings is 1. The van der Waals surface area contributed by atoms with E-state index in [1.54, 1.807) is 24.3 Å². The largest absolute Gasteiger partial charge is 0.481 e. The van der Waals surface area contributed by atoms with Gasteiger partial charge in [0, 0.05) is 6.07 Å². The normalized spacial score (nSPS) is 15.2. The first kappa shape index (κ1) is 16.7. The number of nitrogens with two attached hydrogens (primary N) is 1. The minimum absolute atomic E-state index is 0.0225. The number of para-hydroxylation sites is 1. The molecule has 1 fully saturated rings. The molecule has 2 aromatic rings. The van der Waals surface area contributed by atoms with E-state index in [1.807, 2.05) is 6.07 Å². The molecule has 1 aromatic heterocycles. The third-order valence-corrected chi connectivity index (χ3v) is 4.37. The Morgan fingerprint density at radius 3 is 2.44 bits per heavy atom. The minimum atomic E-state index is -0.965. The lowest BCUT2D eigenvalue weighted by molar-refractivity contribution is -0.139. The molecule has 0 aliphatic heterocycles. The number of aromatic nitrogens is 2. The van der Waals surface area contributed by atoms with Crippen LogP contribution >= 0.6 is 0 Å². The number of carboxylic acids is 1. The van der Waals surface area contributed by atoms with Crippen LogP contribution < -0.4 is 11.1 Å². The van der Waals surface area contributed by atoms with Crippen molar-refractivity contribution in [2.75, 3.05) is 0 Å². The van der Waals surface area contributed by atoms with Gasteiger partial charge in [0.05, 0.1) is 17.6 Å². The maximum Gasteiger partial charge on any atom is 0.305 e. The Morgan fingerprint density at radius 2 is 1.92 bits per heavy atom. The molecule has 0 radical (unpaired) electrons. The van der Waals surface area contributed by atoms with Crippen LogP contribution in [0.25, 0.3) is 5.69 Å². The third kappa shape index (κ3) is 3.37. The molecule has 130 valence electrons. The van der Waals surface area contributed by atoms with Crippen LogP contribution in [0.2, 0.25) is 0 Å². The van der Waals surface area contributed by atoms with Crippen molar-refractivity contribution in [1.29, 1.82) is 0 Å². The minimum Gasteiger partial charge on any atom is -0.481 e. The predicted molar refractivity (Wildman–Crippen MR) is 88.4 cm³/mol. The van der Waals surface area contributed by atoms with Gasteiger partial charge < -0.3 is 16.2 Å². The van der Waals surface area contributed by atoms with Crippen LogP contribution in [-0.4, -0.2) is 38.2 Å². The number of hydrogen-bond donors (Lipinski definition) is 3. The van der Waals surface area contributed by atoms with Gasteiger partial charge in [0.2, 0.25) is 0 Å². The van der Waals surface area contributed by atoms with Crippen molar-refractivity contribution in [3.63, 3.8) is 0 Å². The van der Waals surface area contributed by atoms with Crippen LogP contribution in [0.1, 0.15) is 46.7 Å². The van der Waals surface area contributed by atoms with Crippen molar-refractivity contribution in [3.8, 4) is 5.69 Å². The van der Waals surface area contributed by atoms with E-state index in [2.05, 4.69) is 10.4 Å². The van der Waals surface area contributed by atoms with Crippen LogP contribution in [0.3, 0.4) is 0 Å². The summed E-state index contributed by atoms with van der Waals surface area (Å²) in [6.45, 7) is 0. The van der Waals surface area contributed by atoms with E-state index in [1.165, 1.54) is 10.7 Å². The number of primary amides is 1. The smallest absolute Gasteiger partial charge is 0.305 e. The van der Waals surface area contributed by atoms with Gasteiger partial charge in [-0.2, -0.15) is 5.10 Å². The van der Waals surface area contributed by atoms with Crippen molar-refractivity contribution in [1.82, 2.24) is 15.1 Å². The molecule has 1 heterocycles. The molecule has 1 saturated carbocycles. The molecule has 0 unspecified atom stereocenters. The van der Waals surface area contributed by atoms with Gasteiger partial charge >= 0.3 is 5.97 Å². The Kier molecular flexibility index (Phi) is 4.26. The predicted octanol–water partition coefficient (Wildman–Crippen LogP) is 1.10. The highest BCUT2D eigenvalue weighted by Crippen LogP contribution is 2.35. The standard InChI is InChI=1S/C17H18N4O4/c18-15(24)13-9-12(20-21(13)11-5-2-1-3-6-11)16(25)19-17(7-4-8-17)10-14(22)23/h1-3,5-6,9H,4,7-8,10H2,(H2,18,24)(H,19,25)(H,22,23). The average molecular weight is 342 g/mol. The monoisotopic (exact) mass is 342 g/mol. The van der Waals surface area contributed by atoms with Gasteiger partial charge in [0.1, 0.15) is 5.69 Å². The van der Waals surface area contributed by atoms with Crippen LogP contribution in [-0.2, 0) is 4.79 Å². The summed E-state index contributed by atoms with van der Waals surface area (Å²) in [6.07, 6.45) is 1.93. The molecule has 8 heteroatoms. The average Bonchev–Trinajstić information content (AvgIpc) is 2.99. The molecule has 0 spiro atoms. The van der Waals surface area contributed by atoms with Crippen molar-refractivity contribution in [2.24, 2.45) is 5.73 Å². The maximum absolute atomic E-state index is 12.5. The van der Waals surface area contributed by atoms with E-state index >= 15 is 0 Å². The van der Waals surface area contributed by atoms with Crippen molar-refractivity contribution >= 4 is 17.8 Å². The molecule has 0 saturated heterocycles. The second kappa shape index (κ2) is 6.39. The highest BCUT2D eigenvalue weighted by atomic mass is 16.4. The molecule has 2 amide bonds. The Bertz CT molecular complexity index is 824. The number of nitrogens with one attached hydrogen (secondary N) is 1. The second-order valence-electron chi connectivity index (χ2n) is 6.18. The molecule has 1 aromatic carbocycles. The third-order valence-electron chi connectivity index (χ3n) is 4.37. The molecular formula is C17H18N4O4. The van der Waals surface area contributed by atoms with Crippen molar-refractivity contribution in [3.05, 3.63) is 47.8 Å². The van der Waals surface area contributed by atoms with E-state index in [4.69, 9.17) is 10.8 Å². The molecule has 25 heavy (non-hydrogen) atoms. The zero-order valence-corrected chi connectivity index (χ0v) is 13.4. The number of nitrogens with zero attached hydrogens (tertiary/aromatic N) is 2. The van der Waals surface area contributed by atoms with E-state index in [0.29, 0.717) is 18.5 Å². The number of amides is 2. The van der Waals surface area contributed by atoms with Crippen molar-refractivity contribution in [2.45, 2.75) is 31.2 Å². The Morgan fingerprint density at radius 1 is 1.24 bits per heavy atom. The molecular weight excluding hydrogens is 324 g/mol. The van der Waals surface area contributed by atoms with Crippen molar-refractivity contribution < 1.29 is 19.5 Å². The molecule has 3 rings (SSSR count). The lowest BCUT2D eigenvalue weighted by atomic mass is 9.74. The van der Waals surface area contributed by atoms with Gasteiger partial charge in [-0.15, -0.1) is 0 Å². The molecule has 1 aliphatic rings. The molecule has 0 bridgehead atoms. The number of hydrogen-bond acceptors (Lipinski definition) is 4. The summed E-state index contributed by atoms with van der Waals surface area (Å²) in [5, 5.41) is 16.0. The van der Waals surface area contributed by atoms with Gasteiger partial charge in [0.25, 0.3) is 11.8 Å².